The average Bonchev–Trinajstić information content (AvgIpc) is 3.23. The number of nitrogens with zero attached hydrogens (tertiary/aromatic N) is 1. The maximum Gasteiger partial charge on any atom is 0.326 e. The Balaban J connectivity index is 3.08. The first-order valence-corrected chi connectivity index (χ1v) is 10.2. The zero-order valence-corrected chi connectivity index (χ0v) is 18.6. The highest BCUT2D eigenvalue weighted by molar-refractivity contribution is 5.96. The van der Waals surface area contributed by atoms with Gasteiger partial charge in [-0.15, -0.1) is 0 Å². The molecule has 34 heavy (non-hydrogen) atoms. The van der Waals surface area contributed by atoms with Gasteiger partial charge >= 0.3 is 11.9 Å². The topological polar surface area (TPSA) is 260 Å². The molecule has 0 bridgehead atoms. The highest BCUT2D eigenvalue weighted by Crippen LogP contribution is 2.05. The number of carboxylic acid groups (broad SMARTS) is 2. The number of aliphatic carboxylic acids is 2. The van der Waals surface area contributed by atoms with Gasteiger partial charge in [-0.2, -0.15) is 0 Å². The summed E-state index contributed by atoms with van der Waals surface area (Å²) < 4.78 is 0. The Bertz CT molecular complexity index is 902. The summed E-state index contributed by atoms with van der Waals surface area (Å²) in [6.45, 7) is 3.41. The highest BCUT2D eigenvalue weighted by Gasteiger charge is 2.32. The number of primary amides is 1. The molecule has 0 aromatic carbocycles. The first-order valence-electron chi connectivity index (χ1n) is 10.2. The molecule has 0 fully saturated rings. The van der Waals surface area contributed by atoms with Crippen LogP contribution in [0.5, 0.6) is 0 Å². The molecule has 0 saturated heterocycles. The molecule has 0 aliphatic heterocycles. The molecule has 1 heterocycles. The van der Waals surface area contributed by atoms with Crippen molar-refractivity contribution in [3.05, 3.63) is 18.2 Å². The van der Waals surface area contributed by atoms with Crippen molar-refractivity contribution >= 4 is 35.6 Å². The number of carbonyl (C=O) groups is 6. The van der Waals surface area contributed by atoms with Crippen LogP contribution in [0, 0.1) is 5.92 Å². The molecule has 0 aliphatic rings. The third kappa shape index (κ3) is 9.23. The van der Waals surface area contributed by atoms with E-state index in [-0.39, 0.29) is 12.3 Å². The molecule has 15 heteroatoms. The van der Waals surface area contributed by atoms with Crippen molar-refractivity contribution in [1.29, 1.82) is 0 Å². The number of aromatic amines is 1. The third-order valence-electron chi connectivity index (χ3n) is 4.66. The van der Waals surface area contributed by atoms with Gasteiger partial charge in [-0.25, -0.2) is 9.78 Å². The van der Waals surface area contributed by atoms with Crippen LogP contribution >= 0.6 is 0 Å². The number of imidazole rings is 1. The van der Waals surface area contributed by atoms with Crippen LogP contribution in [0.4, 0.5) is 0 Å². The van der Waals surface area contributed by atoms with E-state index in [2.05, 4.69) is 20.6 Å². The minimum absolute atomic E-state index is 0.0793. The lowest BCUT2D eigenvalue weighted by Crippen LogP contribution is -2.58. The molecule has 188 valence electrons. The molecule has 1 aromatic rings. The monoisotopic (exact) mass is 483 g/mol. The minimum Gasteiger partial charge on any atom is -0.481 e. The number of amides is 4. The van der Waals surface area contributed by atoms with Crippen molar-refractivity contribution in [2.75, 3.05) is 0 Å². The summed E-state index contributed by atoms with van der Waals surface area (Å²) in [5.41, 5.74) is 11.4. The SMILES string of the molecule is CC(C)C(N)C(=O)NC(Cc1cnc[nH]1)C(=O)NC(CC(N)=O)C(=O)NC(CC(=O)O)C(=O)O. The van der Waals surface area contributed by atoms with Gasteiger partial charge in [-0.1, -0.05) is 13.8 Å². The number of H-pyrrole nitrogens is 1. The molecule has 0 aliphatic carbocycles. The zero-order valence-electron chi connectivity index (χ0n) is 18.6. The van der Waals surface area contributed by atoms with E-state index in [4.69, 9.17) is 21.7 Å². The lowest BCUT2D eigenvalue weighted by Gasteiger charge is -2.25. The molecular weight excluding hydrogens is 454 g/mol. The molecule has 0 radical (unpaired) electrons. The summed E-state index contributed by atoms with van der Waals surface area (Å²) in [6, 6.07) is -5.65. The van der Waals surface area contributed by atoms with Crippen molar-refractivity contribution in [3.8, 4) is 0 Å². The van der Waals surface area contributed by atoms with Gasteiger partial charge in [-0.05, 0) is 5.92 Å². The second kappa shape index (κ2) is 12.9. The van der Waals surface area contributed by atoms with E-state index in [9.17, 15) is 28.8 Å². The fraction of sp³-hybridized carbons (Fsp3) is 0.526. The van der Waals surface area contributed by atoms with E-state index in [0.29, 0.717) is 5.69 Å². The number of carbonyl (C=O) groups excluding carboxylic acids is 4. The van der Waals surface area contributed by atoms with Gasteiger partial charge in [0.15, 0.2) is 0 Å². The van der Waals surface area contributed by atoms with Crippen molar-refractivity contribution in [2.24, 2.45) is 17.4 Å². The van der Waals surface area contributed by atoms with Crippen LogP contribution in [-0.2, 0) is 35.2 Å². The number of hydrogen-bond acceptors (Lipinski definition) is 8. The lowest BCUT2D eigenvalue weighted by atomic mass is 10.0. The predicted molar refractivity (Wildman–Crippen MR) is 115 cm³/mol. The van der Waals surface area contributed by atoms with Crippen LogP contribution in [-0.4, -0.2) is 79.9 Å². The van der Waals surface area contributed by atoms with Crippen molar-refractivity contribution < 1.29 is 39.0 Å². The van der Waals surface area contributed by atoms with Crippen LogP contribution in [0.2, 0.25) is 0 Å². The maximum atomic E-state index is 12.9. The summed E-state index contributed by atoms with van der Waals surface area (Å²) >= 11 is 0. The lowest BCUT2D eigenvalue weighted by molar-refractivity contribution is -0.147. The van der Waals surface area contributed by atoms with Crippen LogP contribution in [0.1, 0.15) is 32.4 Å². The summed E-state index contributed by atoms with van der Waals surface area (Å²) in [5, 5.41) is 24.6. The number of nitrogens with one attached hydrogen (secondary N) is 4. The maximum absolute atomic E-state index is 12.9. The Kier molecular flexibility index (Phi) is 10.6. The Morgan fingerprint density at radius 3 is 1.97 bits per heavy atom. The van der Waals surface area contributed by atoms with E-state index in [0.717, 1.165) is 0 Å². The summed E-state index contributed by atoms with van der Waals surface area (Å²) in [7, 11) is 0. The van der Waals surface area contributed by atoms with E-state index in [1.165, 1.54) is 12.5 Å². The van der Waals surface area contributed by atoms with Crippen molar-refractivity contribution in [3.63, 3.8) is 0 Å². The van der Waals surface area contributed by atoms with Gasteiger partial charge in [-0.3, -0.25) is 24.0 Å². The first kappa shape index (κ1) is 28.0. The van der Waals surface area contributed by atoms with E-state index in [1.807, 2.05) is 5.32 Å². The second-order valence-electron chi connectivity index (χ2n) is 7.84. The Hall–Kier alpha value is -4.01. The Labute approximate surface area is 194 Å². The van der Waals surface area contributed by atoms with Crippen molar-refractivity contribution in [1.82, 2.24) is 25.9 Å². The predicted octanol–water partition coefficient (Wildman–Crippen LogP) is -3.18. The standard InChI is InChI=1S/C19H29N7O8/c1-8(2)15(21)18(32)25-10(3-9-6-22-7-23-9)16(30)24-11(4-13(20)27)17(31)26-12(19(33)34)5-14(28)29/h6-8,10-12,15H,3-5,21H2,1-2H3,(H2,20,27)(H,22,23)(H,24,30)(H,25,32)(H,26,31)(H,28,29)(H,33,34). The van der Waals surface area contributed by atoms with Gasteiger partial charge in [0.2, 0.25) is 23.6 Å². The summed E-state index contributed by atoms with van der Waals surface area (Å²) in [4.78, 5) is 78.1. The van der Waals surface area contributed by atoms with Crippen LogP contribution < -0.4 is 27.4 Å². The van der Waals surface area contributed by atoms with Gasteiger partial charge in [0.05, 0.1) is 25.2 Å². The molecule has 1 rings (SSSR count). The first-order chi connectivity index (χ1) is 15.8. The van der Waals surface area contributed by atoms with E-state index in [1.54, 1.807) is 13.8 Å². The molecular formula is C19H29N7O8. The number of aromatic nitrogens is 2. The Morgan fingerprint density at radius 2 is 1.50 bits per heavy atom. The zero-order chi connectivity index (χ0) is 26.0. The summed E-state index contributed by atoms with van der Waals surface area (Å²) in [6.07, 6.45) is 1.02. The fourth-order valence-corrected chi connectivity index (χ4v) is 2.73. The number of carboxylic acids is 2. The molecule has 10 N–H and O–H groups in total. The van der Waals surface area contributed by atoms with Crippen LogP contribution in [0.3, 0.4) is 0 Å². The molecule has 0 saturated carbocycles. The van der Waals surface area contributed by atoms with Crippen LogP contribution in [0.15, 0.2) is 12.5 Å². The van der Waals surface area contributed by atoms with Gasteiger partial charge in [0, 0.05) is 18.3 Å². The molecule has 1 aromatic heterocycles. The molecule has 4 unspecified atom stereocenters. The number of rotatable bonds is 14. The van der Waals surface area contributed by atoms with E-state index < -0.39 is 72.6 Å². The Morgan fingerprint density at radius 1 is 0.941 bits per heavy atom. The van der Waals surface area contributed by atoms with Gasteiger partial charge in [0.1, 0.15) is 18.1 Å². The minimum atomic E-state index is -1.82. The average molecular weight is 483 g/mol. The summed E-state index contributed by atoms with van der Waals surface area (Å²) in [5.74, 6) is -7.05. The van der Waals surface area contributed by atoms with Crippen LogP contribution in [0.25, 0.3) is 0 Å². The number of hydrogen-bond donors (Lipinski definition) is 8. The van der Waals surface area contributed by atoms with Gasteiger partial charge < -0.3 is 42.6 Å². The molecule has 4 amide bonds. The quantitative estimate of drug-likeness (QED) is 0.131. The third-order valence-corrected chi connectivity index (χ3v) is 4.66. The van der Waals surface area contributed by atoms with Gasteiger partial charge in [0.25, 0.3) is 0 Å². The second-order valence-corrected chi connectivity index (χ2v) is 7.84. The number of nitrogens with two attached hydrogens (primary N) is 2. The molecule has 0 spiro atoms. The van der Waals surface area contributed by atoms with Crippen molar-refractivity contribution in [2.45, 2.75) is 57.3 Å². The smallest absolute Gasteiger partial charge is 0.326 e. The fourth-order valence-electron chi connectivity index (χ4n) is 2.73. The normalized spacial score (nSPS) is 14.4. The largest absolute Gasteiger partial charge is 0.481 e. The highest BCUT2D eigenvalue weighted by atomic mass is 16.4. The molecule has 15 nitrogen and oxygen atoms in total. The van der Waals surface area contributed by atoms with E-state index >= 15 is 0 Å². The molecule has 4 atom stereocenters.